The highest BCUT2D eigenvalue weighted by Crippen LogP contribution is 2.28. The number of benzene rings is 1. The predicted octanol–water partition coefficient (Wildman–Crippen LogP) is 2.68. The van der Waals surface area contributed by atoms with Crippen LogP contribution in [0.4, 0.5) is 0 Å². The van der Waals surface area contributed by atoms with Gasteiger partial charge in [-0.1, -0.05) is 50.6 Å². The normalized spacial score (nSPS) is 25.1. The zero-order valence-corrected chi connectivity index (χ0v) is 12.8. The van der Waals surface area contributed by atoms with E-state index >= 15 is 0 Å². The van der Waals surface area contributed by atoms with Gasteiger partial charge in [0.25, 0.3) is 0 Å². The number of nitrogens with one attached hydrogen (secondary N) is 2. The molecule has 1 amide bonds. The Hall–Kier alpha value is -1.35. The van der Waals surface area contributed by atoms with Crippen LogP contribution in [0.25, 0.3) is 0 Å². The Kier molecular flexibility index (Phi) is 4.81. The van der Waals surface area contributed by atoms with Crippen molar-refractivity contribution in [1.29, 1.82) is 0 Å². The summed E-state index contributed by atoms with van der Waals surface area (Å²) in [6.07, 6.45) is 2.00. The molecule has 3 unspecified atom stereocenters. The summed E-state index contributed by atoms with van der Waals surface area (Å²) in [6.45, 7) is 8.28. The standard InChI is InChI=1S/C17H26N2O/c1-4-13(2)15(14-8-6-5-7-9-14)16(20)19-17(3)10-11-18-12-17/h5-9,13,15,18H,4,10-12H2,1-3H3,(H,19,20). The summed E-state index contributed by atoms with van der Waals surface area (Å²) in [4.78, 5) is 12.8. The minimum absolute atomic E-state index is 0.0568. The fourth-order valence-corrected chi connectivity index (χ4v) is 2.93. The number of hydrogen-bond acceptors (Lipinski definition) is 2. The number of carbonyl (C=O) groups excluding carboxylic acids is 1. The molecular formula is C17H26N2O. The summed E-state index contributed by atoms with van der Waals surface area (Å²) < 4.78 is 0. The lowest BCUT2D eigenvalue weighted by Crippen LogP contribution is -2.50. The molecule has 1 aromatic carbocycles. The van der Waals surface area contributed by atoms with Crippen molar-refractivity contribution in [2.45, 2.75) is 45.1 Å². The molecule has 1 aliphatic heterocycles. The zero-order chi connectivity index (χ0) is 14.6. The molecule has 20 heavy (non-hydrogen) atoms. The van der Waals surface area contributed by atoms with Crippen LogP contribution in [-0.4, -0.2) is 24.5 Å². The molecule has 0 bridgehead atoms. The number of rotatable bonds is 5. The van der Waals surface area contributed by atoms with E-state index in [9.17, 15) is 4.79 Å². The molecule has 0 saturated carbocycles. The van der Waals surface area contributed by atoms with Gasteiger partial charge in [-0.3, -0.25) is 4.79 Å². The van der Waals surface area contributed by atoms with Crippen LogP contribution in [0.2, 0.25) is 0 Å². The minimum Gasteiger partial charge on any atom is -0.349 e. The van der Waals surface area contributed by atoms with E-state index in [0.29, 0.717) is 5.92 Å². The first kappa shape index (κ1) is 15.0. The zero-order valence-electron chi connectivity index (χ0n) is 12.8. The largest absolute Gasteiger partial charge is 0.349 e. The summed E-state index contributed by atoms with van der Waals surface area (Å²) in [5, 5.41) is 6.59. The Balaban J connectivity index is 2.16. The van der Waals surface area contributed by atoms with Crippen molar-refractivity contribution in [2.75, 3.05) is 13.1 Å². The van der Waals surface area contributed by atoms with Crippen molar-refractivity contribution in [2.24, 2.45) is 5.92 Å². The SMILES string of the molecule is CCC(C)C(C(=O)NC1(C)CCNC1)c1ccccc1. The average Bonchev–Trinajstić information content (AvgIpc) is 2.86. The van der Waals surface area contributed by atoms with Crippen LogP contribution >= 0.6 is 0 Å². The molecule has 3 heteroatoms. The van der Waals surface area contributed by atoms with Crippen molar-refractivity contribution in [1.82, 2.24) is 10.6 Å². The first-order valence-electron chi connectivity index (χ1n) is 7.63. The maximum atomic E-state index is 12.8. The predicted molar refractivity (Wildman–Crippen MR) is 82.7 cm³/mol. The van der Waals surface area contributed by atoms with Crippen LogP contribution in [0, 0.1) is 5.92 Å². The highest BCUT2D eigenvalue weighted by atomic mass is 16.2. The Morgan fingerprint density at radius 2 is 2.10 bits per heavy atom. The van der Waals surface area contributed by atoms with Gasteiger partial charge in [-0.05, 0) is 31.4 Å². The van der Waals surface area contributed by atoms with Crippen molar-refractivity contribution in [3.8, 4) is 0 Å². The third-order valence-electron chi connectivity index (χ3n) is 4.45. The van der Waals surface area contributed by atoms with Crippen LogP contribution < -0.4 is 10.6 Å². The first-order valence-corrected chi connectivity index (χ1v) is 7.63. The van der Waals surface area contributed by atoms with Crippen molar-refractivity contribution >= 4 is 5.91 Å². The van der Waals surface area contributed by atoms with Crippen LogP contribution in [0.1, 0.15) is 45.1 Å². The monoisotopic (exact) mass is 274 g/mol. The van der Waals surface area contributed by atoms with E-state index in [1.807, 2.05) is 18.2 Å². The van der Waals surface area contributed by atoms with Gasteiger partial charge < -0.3 is 10.6 Å². The highest BCUT2D eigenvalue weighted by Gasteiger charge is 2.34. The molecule has 2 N–H and O–H groups in total. The highest BCUT2D eigenvalue weighted by molar-refractivity contribution is 5.84. The molecule has 0 radical (unpaired) electrons. The van der Waals surface area contributed by atoms with Crippen molar-refractivity contribution < 1.29 is 4.79 Å². The van der Waals surface area contributed by atoms with Gasteiger partial charge in [0.15, 0.2) is 0 Å². The molecule has 0 aliphatic carbocycles. The Morgan fingerprint density at radius 1 is 1.40 bits per heavy atom. The second kappa shape index (κ2) is 6.40. The average molecular weight is 274 g/mol. The maximum absolute atomic E-state index is 12.8. The lowest BCUT2D eigenvalue weighted by molar-refractivity contribution is -0.125. The lowest BCUT2D eigenvalue weighted by atomic mass is 9.84. The summed E-state index contributed by atoms with van der Waals surface area (Å²) in [5.74, 6) is 0.450. The smallest absolute Gasteiger partial charge is 0.228 e. The van der Waals surface area contributed by atoms with Gasteiger partial charge in [0, 0.05) is 6.54 Å². The second-order valence-corrected chi connectivity index (χ2v) is 6.25. The molecule has 110 valence electrons. The van der Waals surface area contributed by atoms with E-state index in [4.69, 9.17) is 0 Å². The van der Waals surface area contributed by atoms with Crippen molar-refractivity contribution in [3.05, 3.63) is 35.9 Å². The van der Waals surface area contributed by atoms with E-state index in [0.717, 1.165) is 31.5 Å². The molecule has 3 atom stereocenters. The Morgan fingerprint density at radius 3 is 2.65 bits per heavy atom. The van der Waals surface area contributed by atoms with Gasteiger partial charge in [0.2, 0.25) is 5.91 Å². The van der Waals surface area contributed by atoms with E-state index in [2.05, 4.69) is 43.5 Å². The molecule has 1 saturated heterocycles. The maximum Gasteiger partial charge on any atom is 0.228 e. The molecule has 2 rings (SSSR count). The Bertz CT molecular complexity index is 438. The molecule has 1 aliphatic rings. The molecular weight excluding hydrogens is 248 g/mol. The van der Waals surface area contributed by atoms with Crippen LogP contribution in [-0.2, 0) is 4.79 Å². The van der Waals surface area contributed by atoms with Crippen molar-refractivity contribution in [3.63, 3.8) is 0 Å². The van der Waals surface area contributed by atoms with E-state index in [1.54, 1.807) is 0 Å². The fourth-order valence-electron chi connectivity index (χ4n) is 2.93. The number of carbonyl (C=O) groups is 1. The lowest BCUT2D eigenvalue weighted by Gasteiger charge is -2.30. The first-order chi connectivity index (χ1) is 9.56. The van der Waals surface area contributed by atoms with Crippen LogP contribution in [0.3, 0.4) is 0 Å². The topological polar surface area (TPSA) is 41.1 Å². The molecule has 3 nitrogen and oxygen atoms in total. The van der Waals surface area contributed by atoms with Gasteiger partial charge in [-0.15, -0.1) is 0 Å². The second-order valence-electron chi connectivity index (χ2n) is 6.25. The summed E-state index contributed by atoms with van der Waals surface area (Å²) in [7, 11) is 0. The summed E-state index contributed by atoms with van der Waals surface area (Å²) >= 11 is 0. The van der Waals surface area contributed by atoms with E-state index in [-0.39, 0.29) is 17.4 Å². The molecule has 0 aromatic heterocycles. The molecule has 1 aromatic rings. The Labute approximate surface area is 122 Å². The third kappa shape index (κ3) is 3.40. The quantitative estimate of drug-likeness (QED) is 0.867. The number of hydrogen-bond donors (Lipinski definition) is 2. The van der Waals surface area contributed by atoms with Crippen LogP contribution in [0.5, 0.6) is 0 Å². The molecule has 1 heterocycles. The third-order valence-corrected chi connectivity index (χ3v) is 4.45. The summed E-state index contributed by atoms with van der Waals surface area (Å²) in [6, 6.07) is 10.1. The van der Waals surface area contributed by atoms with Gasteiger partial charge >= 0.3 is 0 Å². The van der Waals surface area contributed by atoms with E-state index < -0.39 is 0 Å². The molecule has 1 fully saturated rings. The summed E-state index contributed by atoms with van der Waals surface area (Å²) in [5.41, 5.74) is 1.02. The molecule has 0 spiro atoms. The van der Waals surface area contributed by atoms with Gasteiger partial charge in [-0.2, -0.15) is 0 Å². The van der Waals surface area contributed by atoms with Gasteiger partial charge in [0.1, 0.15) is 0 Å². The van der Waals surface area contributed by atoms with Gasteiger partial charge in [-0.25, -0.2) is 0 Å². The number of amides is 1. The van der Waals surface area contributed by atoms with E-state index in [1.165, 1.54) is 0 Å². The van der Waals surface area contributed by atoms with Crippen LogP contribution in [0.15, 0.2) is 30.3 Å². The fraction of sp³-hybridized carbons (Fsp3) is 0.588. The minimum atomic E-state index is -0.0996. The van der Waals surface area contributed by atoms with Gasteiger partial charge in [0.05, 0.1) is 11.5 Å².